The van der Waals surface area contributed by atoms with E-state index in [0.717, 1.165) is 76.2 Å². The summed E-state index contributed by atoms with van der Waals surface area (Å²) >= 11 is 3.05. The number of hydrogen-bond donors (Lipinski definition) is 0. The predicted octanol–water partition coefficient (Wildman–Crippen LogP) is 9.85. The smallest absolute Gasteiger partial charge is 0.166 e. The highest BCUT2D eigenvalue weighted by molar-refractivity contribution is 7.18. The summed E-state index contributed by atoms with van der Waals surface area (Å²) in [6.45, 7) is 0. The predicted molar refractivity (Wildman–Crippen MR) is 187 cm³/mol. The lowest BCUT2D eigenvalue weighted by Gasteiger charge is -2.07. The third-order valence-corrected chi connectivity index (χ3v) is 9.45. The van der Waals surface area contributed by atoms with Crippen LogP contribution in [0.15, 0.2) is 146 Å². The highest BCUT2D eigenvalue weighted by Gasteiger charge is 2.17. The van der Waals surface area contributed by atoms with Crippen molar-refractivity contribution in [3.63, 3.8) is 0 Å². The summed E-state index contributed by atoms with van der Waals surface area (Å²) in [6.07, 6.45) is 0. The summed E-state index contributed by atoms with van der Waals surface area (Å²) in [5, 5.41) is 21.5. The fourth-order valence-corrected chi connectivity index (χ4v) is 6.81. The Morgan fingerprint density at radius 2 is 0.652 bits per heavy atom. The van der Waals surface area contributed by atoms with E-state index in [9.17, 15) is 0 Å². The molecule has 6 nitrogen and oxygen atoms in total. The van der Waals surface area contributed by atoms with Crippen LogP contribution in [0.5, 0.6) is 0 Å². The average molecular weight is 629 g/mol. The lowest BCUT2D eigenvalue weighted by Crippen LogP contribution is -1.87. The normalized spacial score (nSPS) is 11.0. The average Bonchev–Trinajstić information content (AvgIpc) is 3.85. The largest absolute Gasteiger partial charge is 0.245 e. The minimum atomic E-state index is 0.766. The van der Waals surface area contributed by atoms with Crippen molar-refractivity contribution in [1.82, 2.24) is 30.4 Å². The minimum absolute atomic E-state index is 0.766. The van der Waals surface area contributed by atoms with Gasteiger partial charge in [0.25, 0.3) is 0 Å². The molecule has 46 heavy (non-hydrogen) atoms. The van der Waals surface area contributed by atoms with Gasteiger partial charge in [-0.25, -0.2) is 9.97 Å². The van der Waals surface area contributed by atoms with Gasteiger partial charge < -0.3 is 0 Å². The molecule has 0 bridgehead atoms. The number of rotatable bonds is 7. The lowest BCUT2D eigenvalue weighted by molar-refractivity contribution is 1.09. The van der Waals surface area contributed by atoms with E-state index < -0.39 is 0 Å². The first-order chi connectivity index (χ1) is 22.8. The van der Waals surface area contributed by atoms with Crippen molar-refractivity contribution >= 4 is 22.7 Å². The molecule has 0 aliphatic carbocycles. The van der Waals surface area contributed by atoms with Crippen molar-refractivity contribution in [2.45, 2.75) is 0 Å². The fraction of sp³-hybridized carbons (Fsp3) is 0. The van der Waals surface area contributed by atoms with E-state index in [1.54, 1.807) is 0 Å². The Labute approximate surface area is 273 Å². The van der Waals surface area contributed by atoms with Crippen LogP contribution >= 0.6 is 22.7 Å². The van der Waals surface area contributed by atoms with Crippen LogP contribution in [0, 0.1) is 0 Å². The second-order valence-electron chi connectivity index (χ2n) is 10.5. The van der Waals surface area contributed by atoms with Crippen LogP contribution in [0.4, 0.5) is 0 Å². The quantitative estimate of drug-likeness (QED) is 0.175. The molecule has 4 aromatic carbocycles. The third-order valence-electron chi connectivity index (χ3n) is 7.46. The number of pyridine rings is 2. The Morgan fingerprint density at radius 1 is 0.283 bits per heavy atom. The molecule has 0 N–H and O–H groups in total. The summed E-state index contributed by atoms with van der Waals surface area (Å²) in [5.74, 6) is 0. The Kier molecular flexibility index (Phi) is 7.47. The van der Waals surface area contributed by atoms with E-state index in [1.807, 2.05) is 91.0 Å². The monoisotopic (exact) mass is 628 g/mol. The molecule has 0 spiro atoms. The molecular formula is C38H24N6S2. The lowest BCUT2D eigenvalue weighted by atomic mass is 10.00. The number of aromatic nitrogens is 6. The first kappa shape index (κ1) is 27.8. The Bertz CT molecular complexity index is 2120. The molecule has 0 amide bonds. The second-order valence-corrected chi connectivity index (χ2v) is 12.5. The van der Waals surface area contributed by atoms with Gasteiger partial charge in [-0.15, -0.1) is 20.4 Å². The molecule has 0 aliphatic heterocycles. The standard InChI is InChI=1S/C38H24N6S2/c1-4-12-25(13-5-1)28-22-29(35-41-43-37(45-35)33-20-10-18-31(39-33)26-14-6-2-7-15-26)24-30(23-28)36-42-44-38(46-36)34-21-11-19-32(40-34)27-16-8-3-9-17-27/h1-24H. The fourth-order valence-electron chi connectivity index (χ4n) is 5.21. The highest BCUT2D eigenvalue weighted by Crippen LogP contribution is 2.38. The molecule has 0 fully saturated rings. The second kappa shape index (κ2) is 12.4. The first-order valence-electron chi connectivity index (χ1n) is 14.7. The Balaban J connectivity index is 1.16. The van der Waals surface area contributed by atoms with Gasteiger partial charge in [-0.2, -0.15) is 0 Å². The maximum absolute atomic E-state index is 4.89. The molecule has 0 saturated heterocycles. The maximum Gasteiger partial charge on any atom is 0.166 e. The zero-order chi connectivity index (χ0) is 30.7. The van der Waals surface area contributed by atoms with Gasteiger partial charge in [-0.05, 0) is 53.6 Å². The molecule has 8 heteroatoms. The maximum atomic E-state index is 4.89. The number of benzene rings is 4. The molecule has 0 saturated carbocycles. The van der Waals surface area contributed by atoms with Crippen molar-refractivity contribution < 1.29 is 0 Å². The summed E-state index contributed by atoms with van der Waals surface area (Å²) in [4.78, 5) is 9.79. The van der Waals surface area contributed by atoms with Crippen LogP contribution in [0.3, 0.4) is 0 Å². The zero-order valence-electron chi connectivity index (χ0n) is 24.4. The van der Waals surface area contributed by atoms with E-state index >= 15 is 0 Å². The molecule has 4 aromatic heterocycles. The molecule has 8 rings (SSSR count). The van der Waals surface area contributed by atoms with Crippen molar-refractivity contribution in [3.8, 4) is 76.2 Å². The van der Waals surface area contributed by atoms with Crippen LogP contribution in [0.1, 0.15) is 0 Å². The van der Waals surface area contributed by atoms with Crippen molar-refractivity contribution in [2.24, 2.45) is 0 Å². The molecule has 218 valence electrons. The van der Waals surface area contributed by atoms with E-state index in [1.165, 1.54) is 22.7 Å². The van der Waals surface area contributed by atoms with Crippen LogP contribution in [-0.4, -0.2) is 30.4 Å². The van der Waals surface area contributed by atoms with Crippen LogP contribution in [-0.2, 0) is 0 Å². The zero-order valence-corrected chi connectivity index (χ0v) is 26.0. The van der Waals surface area contributed by atoms with Gasteiger partial charge in [0.05, 0.1) is 11.4 Å². The Morgan fingerprint density at radius 3 is 1.11 bits per heavy atom. The van der Waals surface area contributed by atoms with Crippen LogP contribution in [0.25, 0.3) is 76.2 Å². The number of hydrogen-bond acceptors (Lipinski definition) is 8. The topological polar surface area (TPSA) is 77.3 Å². The minimum Gasteiger partial charge on any atom is -0.245 e. The molecule has 0 radical (unpaired) electrons. The van der Waals surface area contributed by atoms with Crippen LogP contribution < -0.4 is 0 Å². The van der Waals surface area contributed by atoms with Crippen molar-refractivity contribution in [1.29, 1.82) is 0 Å². The molecule has 0 unspecified atom stereocenters. The van der Waals surface area contributed by atoms with E-state index in [0.29, 0.717) is 0 Å². The van der Waals surface area contributed by atoms with Gasteiger partial charge in [-0.3, -0.25) is 0 Å². The highest BCUT2D eigenvalue weighted by atomic mass is 32.1. The summed E-state index contributed by atoms with van der Waals surface area (Å²) in [5.41, 5.74) is 9.61. The van der Waals surface area contributed by atoms with E-state index in [2.05, 4.69) is 75.0 Å². The number of nitrogens with zero attached hydrogens (tertiary/aromatic N) is 6. The third kappa shape index (κ3) is 5.75. The van der Waals surface area contributed by atoms with E-state index in [4.69, 9.17) is 9.97 Å². The van der Waals surface area contributed by atoms with Crippen LogP contribution in [0.2, 0.25) is 0 Å². The molecule has 0 aliphatic rings. The van der Waals surface area contributed by atoms with Gasteiger partial charge in [0.2, 0.25) is 0 Å². The Hall–Kier alpha value is -5.70. The molecule has 0 atom stereocenters. The molecule has 8 aromatic rings. The van der Waals surface area contributed by atoms with Gasteiger partial charge in [-0.1, -0.05) is 126 Å². The van der Waals surface area contributed by atoms with Gasteiger partial charge in [0.1, 0.15) is 21.4 Å². The van der Waals surface area contributed by atoms with E-state index in [-0.39, 0.29) is 0 Å². The van der Waals surface area contributed by atoms with Gasteiger partial charge >= 0.3 is 0 Å². The summed E-state index contributed by atoms with van der Waals surface area (Å²) in [6, 6.07) is 49.1. The van der Waals surface area contributed by atoms with Gasteiger partial charge in [0.15, 0.2) is 10.0 Å². The summed E-state index contributed by atoms with van der Waals surface area (Å²) < 4.78 is 0. The van der Waals surface area contributed by atoms with Crippen molar-refractivity contribution in [3.05, 3.63) is 146 Å². The SMILES string of the molecule is c1ccc(-c2cc(-c3nnc(-c4cccc(-c5ccccc5)n4)s3)cc(-c3nnc(-c4cccc(-c5ccccc5)n4)s3)c2)cc1. The van der Waals surface area contributed by atoms with Gasteiger partial charge in [0, 0.05) is 22.3 Å². The molecule has 4 heterocycles. The summed E-state index contributed by atoms with van der Waals surface area (Å²) in [7, 11) is 0. The molecular weight excluding hydrogens is 605 g/mol. The van der Waals surface area contributed by atoms with Crippen molar-refractivity contribution in [2.75, 3.05) is 0 Å². The first-order valence-corrected chi connectivity index (χ1v) is 16.3.